The topological polar surface area (TPSA) is 95.6 Å². The van der Waals surface area contributed by atoms with Crippen LogP contribution in [0.3, 0.4) is 0 Å². The van der Waals surface area contributed by atoms with Crippen molar-refractivity contribution in [1.82, 2.24) is 10.2 Å². The molecule has 0 radical (unpaired) electrons. The minimum atomic E-state index is -0.621. The minimum absolute atomic E-state index is 0.0429. The van der Waals surface area contributed by atoms with Gasteiger partial charge in [0.2, 0.25) is 12.7 Å². The molecule has 3 aromatic carbocycles. The molecule has 1 saturated heterocycles. The second-order valence-electron chi connectivity index (χ2n) is 12.0. The summed E-state index contributed by atoms with van der Waals surface area (Å²) in [4.78, 5) is 27.5. The average molecular weight is 607 g/mol. The largest absolute Gasteiger partial charge is 0.496 e. The Morgan fingerprint density at radius 2 is 1.82 bits per heavy atom. The normalized spacial score (nSPS) is 17.6. The number of hydrogen-bond donors (Lipinski definition) is 1. The first kappa shape index (κ1) is 31.0. The molecule has 0 saturated carbocycles. The molecule has 9 nitrogen and oxygen atoms in total. The van der Waals surface area contributed by atoms with Crippen LogP contribution in [0.25, 0.3) is 0 Å². The number of nitrogens with zero attached hydrogens (tertiary/aromatic N) is 1. The van der Waals surface area contributed by atoms with Gasteiger partial charge in [-0.15, -0.1) is 0 Å². The molecule has 44 heavy (non-hydrogen) atoms. The molecule has 0 spiro atoms. The Morgan fingerprint density at radius 1 is 1.02 bits per heavy atom. The van der Waals surface area contributed by atoms with Crippen LogP contribution in [0.2, 0.25) is 0 Å². The Bertz CT molecular complexity index is 1490. The van der Waals surface area contributed by atoms with Gasteiger partial charge < -0.3 is 33.9 Å². The molecule has 1 fully saturated rings. The third-order valence-electron chi connectivity index (χ3n) is 7.71. The van der Waals surface area contributed by atoms with Crippen LogP contribution in [-0.4, -0.2) is 56.1 Å². The highest BCUT2D eigenvalue weighted by atomic mass is 19.1. The maximum absolute atomic E-state index is 15.0. The van der Waals surface area contributed by atoms with Crippen LogP contribution in [0, 0.1) is 11.7 Å². The lowest BCUT2D eigenvalue weighted by molar-refractivity contribution is -0.120. The fraction of sp³-hybridized carbons (Fsp3) is 0.412. The van der Waals surface area contributed by atoms with Gasteiger partial charge in [0.15, 0.2) is 11.5 Å². The summed E-state index contributed by atoms with van der Waals surface area (Å²) in [5, 5.41) is 2.87. The first-order valence-corrected chi connectivity index (χ1v) is 14.8. The van der Waals surface area contributed by atoms with Gasteiger partial charge >= 0.3 is 6.09 Å². The van der Waals surface area contributed by atoms with E-state index in [2.05, 4.69) is 5.32 Å². The lowest BCUT2D eigenvalue weighted by Crippen LogP contribution is -2.46. The summed E-state index contributed by atoms with van der Waals surface area (Å²) >= 11 is 0. The molecule has 2 amide bonds. The van der Waals surface area contributed by atoms with Crippen LogP contribution in [0.15, 0.2) is 60.7 Å². The Hall–Kier alpha value is -4.47. The maximum Gasteiger partial charge on any atom is 0.410 e. The van der Waals surface area contributed by atoms with Gasteiger partial charge in [-0.2, -0.15) is 0 Å². The number of amides is 2. The maximum atomic E-state index is 15.0. The van der Waals surface area contributed by atoms with Crippen molar-refractivity contribution in [2.24, 2.45) is 5.92 Å². The molecule has 2 heterocycles. The van der Waals surface area contributed by atoms with Gasteiger partial charge in [-0.25, -0.2) is 9.18 Å². The number of benzene rings is 3. The highest BCUT2D eigenvalue weighted by molar-refractivity contribution is 5.78. The third-order valence-corrected chi connectivity index (χ3v) is 7.71. The molecular weight excluding hydrogens is 567 g/mol. The van der Waals surface area contributed by atoms with Crippen LogP contribution in [0.5, 0.6) is 23.0 Å². The van der Waals surface area contributed by atoms with Crippen molar-refractivity contribution in [3.63, 3.8) is 0 Å². The Kier molecular flexibility index (Phi) is 9.46. The fourth-order valence-corrected chi connectivity index (χ4v) is 5.54. The van der Waals surface area contributed by atoms with Crippen molar-refractivity contribution >= 4 is 12.0 Å². The van der Waals surface area contributed by atoms with Gasteiger partial charge in [-0.3, -0.25) is 4.79 Å². The predicted octanol–water partition coefficient (Wildman–Crippen LogP) is 5.84. The summed E-state index contributed by atoms with van der Waals surface area (Å²) in [5.74, 6) is 1.66. The van der Waals surface area contributed by atoms with E-state index >= 15 is 0 Å². The summed E-state index contributed by atoms with van der Waals surface area (Å²) in [7, 11) is 1.58. The first-order chi connectivity index (χ1) is 21.1. The number of para-hydroxylation sites is 1. The second kappa shape index (κ2) is 13.4. The van der Waals surface area contributed by atoms with Crippen molar-refractivity contribution in [2.75, 3.05) is 33.6 Å². The highest BCUT2D eigenvalue weighted by Gasteiger charge is 2.35. The summed E-state index contributed by atoms with van der Waals surface area (Å²) in [6, 6.07) is 17.8. The van der Waals surface area contributed by atoms with E-state index in [4.69, 9.17) is 23.7 Å². The van der Waals surface area contributed by atoms with Gasteiger partial charge in [0.05, 0.1) is 20.1 Å². The van der Waals surface area contributed by atoms with Gasteiger partial charge in [0, 0.05) is 37.2 Å². The number of likely N-dealkylation sites (tertiary alicyclic amines) is 1. The van der Waals surface area contributed by atoms with Crippen molar-refractivity contribution in [3.8, 4) is 23.0 Å². The Labute approximate surface area is 257 Å². The highest BCUT2D eigenvalue weighted by Crippen LogP contribution is 2.38. The molecule has 0 bridgehead atoms. The van der Waals surface area contributed by atoms with Crippen molar-refractivity contribution in [3.05, 3.63) is 83.2 Å². The molecule has 2 aliphatic rings. The minimum Gasteiger partial charge on any atom is -0.496 e. The number of halogens is 1. The van der Waals surface area contributed by atoms with Crippen LogP contribution >= 0.6 is 0 Å². The third kappa shape index (κ3) is 7.72. The molecule has 0 aromatic heterocycles. The summed E-state index contributed by atoms with van der Waals surface area (Å²) in [5.41, 5.74) is 1.41. The second-order valence-corrected chi connectivity index (χ2v) is 12.0. The van der Waals surface area contributed by atoms with Crippen LogP contribution in [-0.2, 0) is 22.5 Å². The van der Waals surface area contributed by atoms with E-state index in [1.165, 1.54) is 6.07 Å². The van der Waals surface area contributed by atoms with E-state index in [0.29, 0.717) is 54.7 Å². The lowest BCUT2D eigenvalue weighted by Gasteiger charge is -2.39. The molecule has 0 aliphatic carbocycles. The van der Waals surface area contributed by atoms with Gasteiger partial charge in [-0.05, 0) is 68.5 Å². The van der Waals surface area contributed by atoms with E-state index < -0.39 is 11.4 Å². The zero-order valence-corrected chi connectivity index (χ0v) is 25.6. The Balaban J connectivity index is 1.30. The van der Waals surface area contributed by atoms with Crippen LogP contribution in [0.4, 0.5) is 9.18 Å². The van der Waals surface area contributed by atoms with Crippen LogP contribution in [0.1, 0.15) is 49.8 Å². The number of carbonyl (C=O) groups is 2. The van der Waals surface area contributed by atoms with E-state index in [9.17, 15) is 14.0 Å². The molecule has 1 N–H and O–H groups in total. The number of methoxy groups -OCH3 is 1. The first-order valence-electron chi connectivity index (χ1n) is 14.8. The molecule has 2 atom stereocenters. The number of fused-ring (bicyclic) bond motifs is 1. The fourth-order valence-electron chi connectivity index (χ4n) is 5.54. The molecule has 5 rings (SSSR count). The monoisotopic (exact) mass is 606 g/mol. The number of rotatable bonds is 9. The van der Waals surface area contributed by atoms with Crippen molar-refractivity contribution in [1.29, 1.82) is 0 Å². The van der Waals surface area contributed by atoms with E-state index in [1.54, 1.807) is 36.3 Å². The van der Waals surface area contributed by atoms with Crippen molar-refractivity contribution in [2.45, 2.75) is 51.7 Å². The van der Waals surface area contributed by atoms with Gasteiger partial charge in [0.25, 0.3) is 0 Å². The van der Waals surface area contributed by atoms with E-state index in [1.807, 2.05) is 51.1 Å². The van der Waals surface area contributed by atoms with E-state index in [-0.39, 0.29) is 43.6 Å². The zero-order valence-electron chi connectivity index (χ0n) is 25.6. The van der Waals surface area contributed by atoms with Crippen LogP contribution < -0.4 is 24.3 Å². The SMILES string of the molecule is COc1ccccc1CNC(=O)Cc1cc(C2CCN(C(=O)OC(C)(C)C)CC2COc2ccc3c(c2)OCO3)ccc1F. The number of hydrogen-bond acceptors (Lipinski definition) is 7. The lowest BCUT2D eigenvalue weighted by atomic mass is 9.80. The summed E-state index contributed by atoms with van der Waals surface area (Å²) in [6.45, 7) is 7.13. The standard InChI is InChI=1S/C34H39FN2O7/c1-34(2,3)44-33(39)37-14-13-27(25(19-37)20-41-26-10-12-30-31(17-26)43-21-42-30)22-9-11-28(35)24(15-22)16-32(38)36-18-23-7-5-6-8-29(23)40-4/h5-12,15,17,25,27H,13-14,16,18-21H2,1-4H3,(H,36,38). The Morgan fingerprint density at radius 3 is 2.61 bits per heavy atom. The zero-order chi connectivity index (χ0) is 31.3. The molecule has 3 aromatic rings. The summed E-state index contributed by atoms with van der Waals surface area (Å²) in [6.07, 6.45) is 0.138. The quantitative estimate of drug-likeness (QED) is 0.327. The van der Waals surface area contributed by atoms with E-state index in [0.717, 1.165) is 11.1 Å². The molecular formula is C34H39FN2O7. The van der Waals surface area contributed by atoms with Gasteiger partial charge in [0.1, 0.15) is 22.9 Å². The smallest absolute Gasteiger partial charge is 0.410 e. The predicted molar refractivity (Wildman–Crippen MR) is 162 cm³/mol. The molecule has 234 valence electrons. The van der Waals surface area contributed by atoms with Gasteiger partial charge in [-0.1, -0.05) is 30.3 Å². The number of piperidine rings is 1. The molecule has 10 heteroatoms. The molecule has 2 unspecified atom stereocenters. The number of nitrogens with one attached hydrogen (secondary N) is 1. The number of ether oxygens (including phenoxy) is 5. The number of carbonyl (C=O) groups excluding carboxylic acids is 2. The van der Waals surface area contributed by atoms with Crippen molar-refractivity contribution < 1.29 is 37.7 Å². The molecule has 2 aliphatic heterocycles. The summed E-state index contributed by atoms with van der Waals surface area (Å²) < 4.78 is 43.0. The average Bonchev–Trinajstić information content (AvgIpc) is 3.47.